The Morgan fingerprint density at radius 2 is 2.18 bits per heavy atom. The van der Waals surface area contributed by atoms with Gasteiger partial charge in [-0.15, -0.1) is 0 Å². The molecule has 1 unspecified atom stereocenters. The molecule has 1 heterocycles. The first-order valence-corrected chi connectivity index (χ1v) is 3.49. The van der Waals surface area contributed by atoms with Gasteiger partial charge in [-0.05, 0) is 6.92 Å². The summed E-state index contributed by atoms with van der Waals surface area (Å²) in [6.07, 6.45) is -2.32. The Kier molecular flexibility index (Phi) is 2.53. The Balaban J connectivity index is 2.58. The van der Waals surface area contributed by atoms with Crippen LogP contribution in [-0.4, -0.2) is 34.8 Å². The summed E-state index contributed by atoms with van der Waals surface area (Å²) in [6.45, 7) is 1.72. The minimum absolute atomic E-state index is 0.226. The highest BCUT2D eigenvalue weighted by Crippen LogP contribution is 2.20. The summed E-state index contributed by atoms with van der Waals surface area (Å²) in [5.41, 5.74) is 0. The van der Waals surface area contributed by atoms with Crippen molar-refractivity contribution in [2.45, 2.75) is 37.9 Å². The zero-order chi connectivity index (χ0) is 8.43. The van der Waals surface area contributed by atoms with Gasteiger partial charge in [0.2, 0.25) is 0 Å². The summed E-state index contributed by atoms with van der Waals surface area (Å²) in [7, 11) is 0. The van der Waals surface area contributed by atoms with Crippen molar-refractivity contribution in [1.82, 2.24) is 0 Å². The van der Waals surface area contributed by atoms with Crippen LogP contribution in [-0.2, 0) is 4.74 Å². The molecular formula is C6H11NO4. The van der Waals surface area contributed by atoms with Crippen LogP contribution in [0.15, 0.2) is 5.18 Å². The summed E-state index contributed by atoms with van der Waals surface area (Å²) in [5.74, 6) is 0. The molecule has 4 atom stereocenters. The van der Waals surface area contributed by atoms with E-state index < -0.39 is 18.4 Å². The summed E-state index contributed by atoms with van der Waals surface area (Å²) in [5, 5.41) is 20.8. The van der Waals surface area contributed by atoms with Crippen molar-refractivity contribution in [2.75, 3.05) is 0 Å². The lowest BCUT2D eigenvalue weighted by molar-refractivity contribution is -0.216. The van der Waals surface area contributed by atoms with Crippen molar-refractivity contribution in [3.05, 3.63) is 4.91 Å². The lowest BCUT2D eigenvalue weighted by Gasteiger charge is -2.31. The SMILES string of the molecule is C[C@H]1C[C@@H](N=O)[C@@H](O)C(O)O1. The van der Waals surface area contributed by atoms with Gasteiger partial charge in [-0.1, -0.05) is 5.18 Å². The molecule has 11 heavy (non-hydrogen) atoms. The molecule has 5 nitrogen and oxygen atoms in total. The molecule has 0 bridgehead atoms. The van der Waals surface area contributed by atoms with Gasteiger partial charge in [-0.25, -0.2) is 0 Å². The molecule has 0 saturated carbocycles. The molecule has 5 heteroatoms. The molecule has 0 radical (unpaired) electrons. The minimum Gasteiger partial charge on any atom is -0.385 e. The Labute approximate surface area is 64.0 Å². The molecule has 1 aliphatic rings. The first kappa shape index (κ1) is 8.58. The van der Waals surface area contributed by atoms with Crippen LogP contribution < -0.4 is 0 Å². The molecular weight excluding hydrogens is 150 g/mol. The van der Waals surface area contributed by atoms with Gasteiger partial charge in [0.25, 0.3) is 0 Å². The van der Waals surface area contributed by atoms with Crippen LogP contribution in [0, 0.1) is 4.91 Å². The maximum absolute atomic E-state index is 10.1. The number of nitroso groups, excluding NO2 is 1. The lowest BCUT2D eigenvalue weighted by Crippen LogP contribution is -2.46. The van der Waals surface area contributed by atoms with E-state index in [1.807, 2.05) is 0 Å². The quantitative estimate of drug-likeness (QED) is 0.513. The van der Waals surface area contributed by atoms with Gasteiger partial charge in [-0.3, -0.25) is 0 Å². The topological polar surface area (TPSA) is 79.1 Å². The highest BCUT2D eigenvalue weighted by atomic mass is 16.6. The van der Waals surface area contributed by atoms with Gasteiger partial charge < -0.3 is 14.9 Å². The molecule has 0 amide bonds. The lowest BCUT2D eigenvalue weighted by atomic mass is 10.0. The highest BCUT2D eigenvalue weighted by molar-refractivity contribution is 4.83. The minimum atomic E-state index is -1.28. The van der Waals surface area contributed by atoms with Crippen molar-refractivity contribution in [3.63, 3.8) is 0 Å². The molecule has 0 aromatic carbocycles. The molecule has 64 valence electrons. The summed E-state index contributed by atoms with van der Waals surface area (Å²) >= 11 is 0. The van der Waals surface area contributed by atoms with Crippen molar-refractivity contribution in [2.24, 2.45) is 5.18 Å². The fourth-order valence-electron chi connectivity index (χ4n) is 1.15. The van der Waals surface area contributed by atoms with E-state index in [-0.39, 0.29) is 6.10 Å². The zero-order valence-corrected chi connectivity index (χ0v) is 6.17. The third kappa shape index (κ3) is 1.74. The first-order chi connectivity index (χ1) is 5.15. The highest BCUT2D eigenvalue weighted by Gasteiger charge is 2.35. The zero-order valence-electron chi connectivity index (χ0n) is 6.17. The standard InChI is InChI=1S/C6H11NO4/c1-3-2-4(7-10)5(8)6(9)11-3/h3-6,8-9H,2H2,1H3/t3-,4+,5+,6?/m0/s1. The van der Waals surface area contributed by atoms with E-state index in [0.29, 0.717) is 6.42 Å². The number of hydrogen-bond acceptors (Lipinski definition) is 5. The maximum atomic E-state index is 10.1. The number of nitrogens with zero attached hydrogens (tertiary/aromatic N) is 1. The smallest absolute Gasteiger partial charge is 0.183 e. The summed E-state index contributed by atoms with van der Waals surface area (Å²) in [6, 6.07) is -0.742. The predicted molar refractivity (Wildman–Crippen MR) is 36.8 cm³/mol. The van der Waals surface area contributed by atoms with E-state index in [2.05, 4.69) is 5.18 Å². The largest absolute Gasteiger partial charge is 0.385 e. The van der Waals surface area contributed by atoms with E-state index in [0.717, 1.165) is 0 Å². The van der Waals surface area contributed by atoms with Crippen molar-refractivity contribution < 1.29 is 14.9 Å². The Morgan fingerprint density at radius 3 is 2.73 bits per heavy atom. The Hall–Kier alpha value is -0.520. The summed E-state index contributed by atoms with van der Waals surface area (Å²) < 4.78 is 4.84. The molecule has 1 fully saturated rings. The van der Waals surface area contributed by atoms with E-state index in [1.165, 1.54) is 0 Å². The van der Waals surface area contributed by atoms with Gasteiger partial charge in [0, 0.05) is 6.42 Å². The van der Waals surface area contributed by atoms with Gasteiger partial charge in [-0.2, -0.15) is 4.91 Å². The number of rotatable bonds is 1. The van der Waals surface area contributed by atoms with Gasteiger partial charge in [0.15, 0.2) is 6.29 Å². The van der Waals surface area contributed by atoms with Gasteiger partial charge >= 0.3 is 0 Å². The molecule has 1 aliphatic heterocycles. The van der Waals surface area contributed by atoms with Crippen LogP contribution in [0.3, 0.4) is 0 Å². The van der Waals surface area contributed by atoms with Gasteiger partial charge in [0.1, 0.15) is 12.1 Å². The second-order valence-electron chi connectivity index (χ2n) is 2.74. The fourth-order valence-corrected chi connectivity index (χ4v) is 1.15. The predicted octanol–water partition coefficient (Wildman–Crippen LogP) is -0.391. The average Bonchev–Trinajstić information content (AvgIpc) is 1.96. The third-order valence-electron chi connectivity index (χ3n) is 1.77. The average molecular weight is 161 g/mol. The van der Waals surface area contributed by atoms with Crippen LogP contribution in [0.25, 0.3) is 0 Å². The maximum Gasteiger partial charge on any atom is 0.183 e. The van der Waals surface area contributed by atoms with E-state index in [4.69, 9.17) is 14.9 Å². The molecule has 0 spiro atoms. The number of aliphatic hydroxyl groups is 2. The third-order valence-corrected chi connectivity index (χ3v) is 1.77. The van der Waals surface area contributed by atoms with Crippen LogP contribution >= 0.6 is 0 Å². The molecule has 0 aromatic heterocycles. The number of hydrogen-bond donors (Lipinski definition) is 2. The molecule has 1 saturated heterocycles. The van der Waals surface area contributed by atoms with Crippen molar-refractivity contribution >= 4 is 0 Å². The molecule has 0 aliphatic carbocycles. The fraction of sp³-hybridized carbons (Fsp3) is 1.00. The van der Waals surface area contributed by atoms with Gasteiger partial charge in [0.05, 0.1) is 6.10 Å². The Bertz CT molecular complexity index is 152. The van der Waals surface area contributed by atoms with Crippen molar-refractivity contribution in [1.29, 1.82) is 0 Å². The monoisotopic (exact) mass is 161 g/mol. The molecule has 2 N–H and O–H groups in total. The van der Waals surface area contributed by atoms with Crippen LogP contribution in [0.1, 0.15) is 13.3 Å². The molecule has 0 aromatic rings. The molecule has 1 rings (SSSR count). The first-order valence-electron chi connectivity index (χ1n) is 3.49. The normalized spacial score (nSPS) is 45.4. The number of aliphatic hydroxyl groups excluding tert-OH is 2. The van der Waals surface area contributed by atoms with Crippen LogP contribution in [0.2, 0.25) is 0 Å². The number of ether oxygens (including phenoxy) is 1. The summed E-state index contributed by atoms with van der Waals surface area (Å²) in [4.78, 5) is 10.1. The van der Waals surface area contributed by atoms with E-state index in [1.54, 1.807) is 6.92 Å². The Morgan fingerprint density at radius 1 is 1.55 bits per heavy atom. The van der Waals surface area contributed by atoms with E-state index >= 15 is 0 Å². The second kappa shape index (κ2) is 3.25. The van der Waals surface area contributed by atoms with Crippen LogP contribution in [0.4, 0.5) is 0 Å². The van der Waals surface area contributed by atoms with Crippen LogP contribution in [0.5, 0.6) is 0 Å². The second-order valence-corrected chi connectivity index (χ2v) is 2.74. The van der Waals surface area contributed by atoms with E-state index in [9.17, 15) is 4.91 Å². The van der Waals surface area contributed by atoms with Crippen molar-refractivity contribution in [3.8, 4) is 0 Å².